The van der Waals surface area contributed by atoms with Crippen LogP contribution in [0.3, 0.4) is 0 Å². The fraction of sp³-hybridized carbons (Fsp3) is 0. The van der Waals surface area contributed by atoms with Crippen LogP contribution in [-0.2, 0) is 0 Å². The average molecular weight is 247 g/mol. The third kappa shape index (κ3) is 1.59. The lowest BCUT2D eigenvalue weighted by Crippen LogP contribution is -1.89. The maximum atomic E-state index is 10.7. The highest BCUT2D eigenvalue weighted by molar-refractivity contribution is 7.20. The SMILES string of the molecule is O=C(O)c1cc2c(Cl)cc(Cl)cc2s1. The summed E-state index contributed by atoms with van der Waals surface area (Å²) in [4.78, 5) is 11.0. The van der Waals surface area contributed by atoms with Crippen LogP contribution in [0.25, 0.3) is 10.1 Å². The van der Waals surface area contributed by atoms with Crippen LogP contribution in [0.1, 0.15) is 9.67 Å². The molecule has 0 amide bonds. The second kappa shape index (κ2) is 3.42. The summed E-state index contributed by atoms with van der Waals surface area (Å²) in [5.41, 5.74) is 0. The summed E-state index contributed by atoms with van der Waals surface area (Å²) in [6, 6.07) is 4.87. The van der Waals surface area contributed by atoms with Gasteiger partial charge in [0.1, 0.15) is 4.88 Å². The molecule has 0 aliphatic rings. The van der Waals surface area contributed by atoms with Gasteiger partial charge in [-0.2, -0.15) is 0 Å². The highest BCUT2D eigenvalue weighted by Gasteiger charge is 2.11. The third-order valence-corrected chi connectivity index (χ3v) is 3.36. The zero-order chi connectivity index (χ0) is 10.3. The average Bonchev–Trinajstić information content (AvgIpc) is 2.47. The summed E-state index contributed by atoms with van der Waals surface area (Å²) in [6.07, 6.45) is 0. The minimum atomic E-state index is -0.946. The number of hydrogen-bond donors (Lipinski definition) is 1. The normalized spacial score (nSPS) is 10.7. The van der Waals surface area contributed by atoms with Gasteiger partial charge in [0.05, 0.1) is 5.02 Å². The molecule has 2 rings (SSSR count). The smallest absolute Gasteiger partial charge is 0.345 e. The van der Waals surface area contributed by atoms with E-state index in [4.69, 9.17) is 28.3 Å². The molecule has 2 aromatic rings. The van der Waals surface area contributed by atoms with Crippen LogP contribution in [0.4, 0.5) is 0 Å². The monoisotopic (exact) mass is 246 g/mol. The molecule has 0 aliphatic carbocycles. The number of carboxylic acid groups (broad SMARTS) is 1. The fourth-order valence-electron chi connectivity index (χ4n) is 1.17. The number of carboxylic acids is 1. The van der Waals surface area contributed by atoms with Gasteiger partial charge >= 0.3 is 5.97 Å². The Balaban J connectivity index is 2.76. The van der Waals surface area contributed by atoms with Crippen LogP contribution in [0, 0.1) is 0 Å². The number of fused-ring (bicyclic) bond motifs is 1. The Morgan fingerprint density at radius 3 is 2.64 bits per heavy atom. The lowest BCUT2D eigenvalue weighted by molar-refractivity contribution is 0.0702. The Morgan fingerprint density at radius 1 is 1.29 bits per heavy atom. The number of rotatable bonds is 1. The van der Waals surface area contributed by atoms with Gasteiger partial charge < -0.3 is 5.11 Å². The summed E-state index contributed by atoms with van der Waals surface area (Å²) in [7, 11) is 0. The van der Waals surface area contributed by atoms with Gasteiger partial charge in [0, 0.05) is 15.1 Å². The number of halogens is 2. The van der Waals surface area contributed by atoms with Gasteiger partial charge in [-0.25, -0.2) is 4.79 Å². The number of carbonyl (C=O) groups is 1. The molecule has 5 heteroatoms. The van der Waals surface area contributed by atoms with E-state index in [9.17, 15) is 4.79 Å². The van der Waals surface area contributed by atoms with E-state index in [1.807, 2.05) is 0 Å². The molecule has 2 nitrogen and oxygen atoms in total. The molecule has 1 heterocycles. The van der Waals surface area contributed by atoms with Crippen LogP contribution in [-0.4, -0.2) is 11.1 Å². The van der Waals surface area contributed by atoms with Crippen LogP contribution in [0.2, 0.25) is 10.0 Å². The largest absolute Gasteiger partial charge is 0.477 e. The molecule has 1 N–H and O–H groups in total. The number of hydrogen-bond acceptors (Lipinski definition) is 2. The molecule has 0 spiro atoms. The molecule has 14 heavy (non-hydrogen) atoms. The van der Waals surface area contributed by atoms with Gasteiger partial charge in [-0.3, -0.25) is 0 Å². The van der Waals surface area contributed by atoms with Gasteiger partial charge in [0.25, 0.3) is 0 Å². The van der Waals surface area contributed by atoms with Gasteiger partial charge in [0.15, 0.2) is 0 Å². The van der Waals surface area contributed by atoms with Crippen LogP contribution in [0.15, 0.2) is 18.2 Å². The van der Waals surface area contributed by atoms with Crippen molar-refractivity contribution in [1.29, 1.82) is 0 Å². The minimum Gasteiger partial charge on any atom is -0.477 e. The summed E-state index contributed by atoms with van der Waals surface area (Å²) < 4.78 is 0.792. The molecular weight excluding hydrogens is 243 g/mol. The quantitative estimate of drug-likeness (QED) is 0.829. The second-order valence-corrected chi connectivity index (χ2v) is 4.64. The first-order valence-electron chi connectivity index (χ1n) is 3.70. The van der Waals surface area contributed by atoms with Crippen molar-refractivity contribution in [1.82, 2.24) is 0 Å². The molecule has 0 saturated carbocycles. The molecule has 0 atom stereocenters. The van der Waals surface area contributed by atoms with E-state index in [-0.39, 0.29) is 4.88 Å². The first-order chi connectivity index (χ1) is 6.58. The Hall–Kier alpha value is -0.770. The molecule has 0 saturated heterocycles. The van der Waals surface area contributed by atoms with E-state index in [1.54, 1.807) is 18.2 Å². The lowest BCUT2D eigenvalue weighted by atomic mass is 10.2. The molecule has 72 valence electrons. The maximum Gasteiger partial charge on any atom is 0.345 e. The molecule has 0 unspecified atom stereocenters. The minimum absolute atomic E-state index is 0.268. The van der Waals surface area contributed by atoms with Crippen LogP contribution < -0.4 is 0 Å². The number of benzene rings is 1. The van der Waals surface area contributed by atoms with Crippen molar-refractivity contribution in [2.75, 3.05) is 0 Å². The highest BCUT2D eigenvalue weighted by Crippen LogP contribution is 2.33. The van der Waals surface area contributed by atoms with E-state index in [2.05, 4.69) is 0 Å². The van der Waals surface area contributed by atoms with Crippen LogP contribution in [0.5, 0.6) is 0 Å². The predicted molar refractivity (Wildman–Crippen MR) is 58.8 cm³/mol. The summed E-state index contributed by atoms with van der Waals surface area (Å²) >= 11 is 12.9. The zero-order valence-electron chi connectivity index (χ0n) is 6.75. The molecule has 0 bridgehead atoms. The van der Waals surface area contributed by atoms with Crippen molar-refractivity contribution in [2.45, 2.75) is 0 Å². The van der Waals surface area contributed by atoms with Gasteiger partial charge in [-0.05, 0) is 18.2 Å². The van der Waals surface area contributed by atoms with Crippen molar-refractivity contribution in [3.05, 3.63) is 33.1 Å². The lowest BCUT2D eigenvalue weighted by Gasteiger charge is -1.93. The summed E-state index contributed by atoms with van der Waals surface area (Å²) in [5.74, 6) is -0.946. The van der Waals surface area contributed by atoms with E-state index in [1.165, 1.54) is 11.3 Å². The van der Waals surface area contributed by atoms with Gasteiger partial charge in [-0.1, -0.05) is 23.2 Å². The highest BCUT2D eigenvalue weighted by atomic mass is 35.5. The van der Waals surface area contributed by atoms with Crippen molar-refractivity contribution in [3.63, 3.8) is 0 Å². The fourth-order valence-corrected chi connectivity index (χ4v) is 2.80. The molecule has 1 aromatic heterocycles. The maximum absolute atomic E-state index is 10.7. The predicted octanol–water partition coefficient (Wildman–Crippen LogP) is 3.91. The van der Waals surface area contributed by atoms with Crippen molar-refractivity contribution in [3.8, 4) is 0 Å². The molecule has 0 fully saturated rings. The summed E-state index contributed by atoms with van der Waals surface area (Å²) in [5, 5.41) is 10.5. The summed E-state index contributed by atoms with van der Waals surface area (Å²) in [6.45, 7) is 0. The third-order valence-electron chi connectivity index (χ3n) is 1.76. The Bertz CT molecular complexity index is 519. The Morgan fingerprint density at radius 2 is 2.00 bits per heavy atom. The molecule has 0 radical (unpaired) electrons. The molecule has 1 aromatic carbocycles. The van der Waals surface area contributed by atoms with Crippen molar-refractivity contribution < 1.29 is 9.90 Å². The zero-order valence-corrected chi connectivity index (χ0v) is 9.08. The van der Waals surface area contributed by atoms with E-state index in [0.29, 0.717) is 10.0 Å². The number of aromatic carboxylic acids is 1. The Labute approximate surface area is 93.7 Å². The Kier molecular flexibility index (Phi) is 2.39. The molecular formula is C9H4Cl2O2S. The van der Waals surface area contributed by atoms with Gasteiger partial charge in [-0.15, -0.1) is 11.3 Å². The molecule has 0 aliphatic heterocycles. The first kappa shape index (κ1) is 9.77. The van der Waals surface area contributed by atoms with E-state index < -0.39 is 5.97 Å². The number of thiophene rings is 1. The van der Waals surface area contributed by atoms with Crippen molar-refractivity contribution >= 4 is 50.6 Å². The van der Waals surface area contributed by atoms with Crippen LogP contribution >= 0.6 is 34.5 Å². The second-order valence-electron chi connectivity index (χ2n) is 2.72. The van der Waals surface area contributed by atoms with Gasteiger partial charge in [0.2, 0.25) is 0 Å². The van der Waals surface area contributed by atoms with E-state index in [0.717, 1.165) is 10.1 Å². The first-order valence-corrected chi connectivity index (χ1v) is 5.27. The van der Waals surface area contributed by atoms with E-state index >= 15 is 0 Å². The topological polar surface area (TPSA) is 37.3 Å². The standard InChI is InChI=1S/C9H4Cl2O2S/c10-4-1-6(11)5-3-8(9(12)13)14-7(5)2-4/h1-3H,(H,12,13). The van der Waals surface area contributed by atoms with Crippen molar-refractivity contribution in [2.24, 2.45) is 0 Å².